The minimum atomic E-state index is 0.734. The van der Waals surface area contributed by atoms with Crippen LogP contribution in [-0.4, -0.2) is 24.4 Å². The number of hydrogen-bond donors (Lipinski definition) is 2. The van der Waals surface area contributed by atoms with Crippen LogP contribution in [-0.2, 0) is 6.42 Å². The Hall–Kier alpha value is -2.59. The number of aryl methyl sites for hydroxylation is 1. The predicted octanol–water partition coefficient (Wildman–Crippen LogP) is 3.46. The first-order valence-electron chi connectivity index (χ1n) is 8.71. The van der Waals surface area contributed by atoms with E-state index in [4.69, 9.17) is 13.6 Å². The topological polar surface area (TPSA) is 54.7 Å². The van der Waals surface area contributed by atoms with Crippen molar-refractivity contribution in [2.45, 2.75) is 19.3 Å². The fourth-order valence-corrected chi connectivity index (χ4v) is 3.24. The monoisotopic (exact) mass is 325 g/mol. The number of aromatic amines is 1. The number of imidazole rings is 1. The van der Waals surface area contributed by atoms with Crippen molar-refractivity contribution in [1.82, 2.24) is 9.97 Å². The van der Waals surface area contributed by atoms with Crippen LogP contribution in [0.3, 0.4) is 0 Å². The summed E-state index contributed by atoms with van der Waals surface area (Å²) in [4.78, 5) is 8.11. The minimum Gasteiger partial charge on any atom is -0.342 e. The fraction of sp³-hybridized carbons (Fsp3) is 0.190. The van der Waals surface area contributed by atoms with Crippen LogP contribution in [0, 0.1) is 0 Å². The molecule has 0 unspecified atom stereocenters. The van der Waals surface area contributed by atoms with Gasteiger partial charge in [0.25, 0.3) is 0 Å². The van der Waals surface area contributed by atoms with E-state index in [2.05, 4.69) is 52.4 Å². The van der Waals surface area contributed by atoms with Crippen LogP contribution >= 0.6 is 0 Å². The van der Waals surface area contributed by atoms with E-state index >= 15 is 0 Å². The lowest BCUT2D eigenvalue weighted by Gasteiger charge is -2.05. The molecule has 3 N–H and O–H groups in total. The number of rotatable bonds is 5. The highest BCUT2D eigenvalue weighted by Gasteiger charge is 2.06. The van der Waals surface area contributed by atoms with Crippen LogP contribution in [0.2, 0.25) is 0 Å². The summed E-state index contributed by atoms with van der Waals surface area (Å²) in [6, 6.07) is 18.9. The van der Waals surface area contributed by atoms with Crippen molar-refractivity contribution >= 4 is 35.1 Å². The Balaban J connectivity index is 1.67. The van der Waals surface area contributed by atoms with E-state index in [0.717, 1.165) is 53.5 Å². The van der Waals surface area contributed by atoms with E-state index in [-0.39, 0.29) is 0 Å². The number of aromatic nitrogens is 2. The smallest absolute Gasteiger partial charge is 0.113 e. The number of hydrogen-bond acceptors (Lipinski definition) is 2. The fourth-order valence-electron chi connectivity index (χ4n) is 3.24. The third-order valence-electron chi connectivity index (χ3n) is 4.60. The zero-order chi connectivity index (χ0) is 17.2. The maximum absolute atomic E-state index is 5.86. The van der Waals surface area contributed by atoms with Gasteiger partial charge in [0.15, 0.2) is 0 Å². The molecule has 4 rings (SSSR count). The van der Waals surface area contributed by atoms with Gasteiger partial charge in [-0.25, -0.2) is 4.98 Å². The summed E-state index contributed by atoms with van der Waals surface area (Å²) in [5, 5.41) is 2.35. The van der Waals surface area contributed by atoms with Crippen molar-refractivity contribution in [3.63, 3.8) is 0 Å². The predicted molar refractivity (Wildman–Crippen MR) is 106 cm³/mol. The normalized spacial score (nSPS) is 11.4. The Morgan fingerprint density at radius 3 is 2.52 bits per heavy atom. The van der Waals surface area contributed by atoms with E-state index in [1.165, 1.54) is 16.5 Å². The third-order valence-corrected chi connectivity index (χ3v) is 4.60. The summed E-state index contributed by atoms with van der Waals surface area (Å²) >= 11 is 0. The maximum Gasteiger partial charge on any atom is 0.113 e. The molecule has 3 nitrogen and oxygen atoms in total. The van der Waals surface area contributed by atoms with Gasteiger partial charge >= 0.3 is 0 Å². The summed E-state index contributed by atoms with van der Waals surface area (Å²) in [7, 11) is 5.86. The van der Waals surface area contributed by atoms with Gasteiger partial charge in [-0.3, -0.25) is 0 Å². The Bertz CT molecular complexity index is 1040. The molecule has 25 heavy (non-hydrogen) atoms. The van der Waals surface area contributed by atoms with Crippen molar-refractivity contribution in [3.05, 3.63) is 60.4 Å². The molecule has 3 aromatic carbocycles. The Morgan fingerprint density at radius 1 is 0.880 bits per heavy atom. The van der Waals surface area contributed by atoms with Crippen molar-refractivity contribution in [2.75, 3.05) is 6.54 Å². The second kappa shape index (κ2) is 6.73. The molecule has 0 spiro atoms. The zero-order valence-electron chi connectivity index (χ0n) is 14.1. The quantitative estimate of drug-likeness (QED) is 0.436. The van der Waals surface area contributed by atoms with Gasteiger partial charge in [0.1, 0.15) is 13.7 Å². The van der Waals surface area contributed by atoms with Gasteiger partial charge in [-0.2, -0.15) is 0 Å². The van der Waals surface area contributed by atoms with E-state index in [9.17, 15) is 0 Å². The molecule has 0 fully saturated rings. The van der Waals surface area contributed by atoms with Crippen LogP contribution in [0.15, 0.2) is 54.6 Å². The average molecular weight is 325 g/mol. The SMILES string of the molecule is [B]c1ccc2cc(-c3ccc4nc(CCCCN)[nH]c4c3)ccc2c1. The van der Waals surface area contributed by atoms with Crippen LogP contribution in [0.25, 0.3) is 32.9 Å². The molecule has 1 heterocycles. The lowest BCUT2D eigenvalue weighted by molar-refractivity contribution is 0.724. The van der Waals surface area contributed by atoms with Crippen LogP contribution in [0.5, 0.6) is 0 Å². The van der Waals surface area contributed by atoms with Gasteiger partial charge in [0.05, 0.1) is 11.0 Å². The van der Waals surface area contributed by atoms with Crippen molar-refractivity contribution in [1.29, 1.82) is 0 Å². The van der Waals surface area contributed by atoms with Crippen LogP contribution < -0.4 is 11.2 Å². The summed E-state index contributed by atoms with van der Waals surface area (Å²) in [5.41, 5.74) is 10.8. The summed E-state index contributed by atoms with van der Waals surface area (Å²) < 4.78 is 0. The minimum absolute atomic E-state index is 0.734. The molecule has 2 radical (unpaired) electrons. The lowest BCUT2D eigenvalue weighted by Crippen LogP contribution is -1.99. The van der Waals surface area contributed by atoms with Gasteiger partial charge in [-0.05, 0) is 59.5 Å². The van der Waals surface area contributed by atoms with Gasteiger partial charge in [0.2, 0.25) is 0 Å². The van der Waals surface area contributed by atoms with Crippen molar-refractivity contribution in [2.24, 2.45) is 5.73 Å². The highest BCUT2D eigenvalue weighted by Crippen LogP contribution is 2.26. The molecule has 1 aromatic heterocycles. The van der Waals surface area contributed by atoms with E-state index < -0.39 is 0 Å². The first-order chi connectivity index (χ1) is 12.2. The standard InChI is InChI=1S/C21H20BN3/c22-18-8-6-15-11-14(4-5-16(15)12-18)17-7-9-19-20(13-17)25-21(24-19)3-1-2-10-23/h4-9,11-13H,1-3,10,23H2,(H,24,25). The Kier molecular flexibility index (Phi) is 4.28. The molecule has 4 heteroatoms. The second-order valence-corrected chi connectivity index (χ2v) is 6.48. The average Bonchev–Trinajstić information content (AvgIpc) is 3.03. The number of nitrogens with one attached hydrogen (secondary N) is 1. The lowest BCUT2D eigenvalue weighted by atomic mass is 9.92. The Labute approximate surface area is 148 Å². The van der Waals surface area contributed by atoms with E-state index in [1.807, 2.05) is 12.1 Å². The number of nitrogens with zero attached hydrogens (tertiary/aromatic N) is 1. The molecule has 4 aromatic rings. The Morgan fingerprint density at radius 2 is 1.64 bits per heavy atom. The molecule has 0 saturated carbocycles. The number of benzene rings is 3. The largest absolute Gasteiger partial charge is 0.342 e. The maximum atomic E-state index is 5.86. The molecule has 0 atom stereocenters. The summed E-state index contributed by atoms with van der Waals surface area (Å²) in [6.45, 7) is 0.734. The summed E-state index contributed by atoms with van der Waals surface area (Å²) in [6.07, 6.45) is 3.04. The number of nitrogens with two attached hydrogens (primary N) is 1. The molecule has 0 aliphatic carbocycles. The molecule has 0 aliphatic rings. The molecular formula is C21H20BN3. The number of unbranched alkanes of at least 4 members (excludes halogenated alkanes) is 1. The summed E-state index contributed by atoms with van der Waals surface area (Å²) in [5.74, 6) is 1.04. The molecular weight excluding hydrogens is 305 g/mol. The highest BCUT2D eigenvalue weighted by atomic mass is 14.9. The highest BCUT2D eigenvalue weighted by molar-refractivity contribution is 6.33. The van der Waals surface area contributed by atoms with Crippen molar-refractivity contribution < 1.29 is 0 Å². The molecule has 0 saturated heterocycles. The number of fused-ring (bicyclic) bond motifs is 2. The molecule has 0 aliphatic heterocycles. The molecule has 122 valence electrons. The zero-order valence-corrected chi connectivity index (χ0v) is 14.1. The third kappa shape index (κ3) is 3.31. The first kappa shape index (κ1) is 15.9. The van der Waals surface area contributed by atoms with Gasteiger partial charge < -0.3 is 10.7 Å². The van der Waals surface area contributed by atoms with Gasteiger partial charge in [-0.1, -0.05) is 41.9 Å². The van der Waals surface area contributed by atoms with Gasteiger partial charge in [-0.15, -0.1) is 0 Å². The first-order valence-corrected chi connectivity index (χ1v) is 8.71. The van der Waals surface area contributed by atoms with Gasteiger partial charge in [0, 0.05) is 6.42 Å². The molecule has 0 amide bonds. The van der Waals surface area contributed by atoms with Crippen LogP contribution in [0.4, 0.5) is 0 Å². The van der Waals surface area contributed by atoms with E-state index in [0.29, 0.717) is 0 Å². The van der Waals surface area contributed by atoms with E-state index in [1.54, 1.807) is 0 Å². The second-order valence-electron chi connectivity index (χ2n) is 6.48. The van der Waals surface area contributed by atoms with Crippen LogP contribution in [0.1, 0.15) is 18.7 Å². The number of H-pyrrole nitrogens is 1. The van der Waals surface area contributed by atoms with Crippen molar-refractivity contribution in [3.8, 4) is 11.1 Å². The molecule has 0 bridgehead atoms.